The normalized spacial score (nSPS) is 11.7. The molecule has 7 heteroatoms. The van der Waals surface area contributed by atoms with Crippen LogP contribution in [0.5, 0.6) is 11.5 Å². The molecule has 140 valence electrons. The molecule has 2 aromatic carbocycles. The fourth-order valence-electron chi connectivity index (χ4n) is 2.86. The van der Waals surface area contributed by atoms with Crippen molar-refractivity contribution < 1.29 is 18.7 Å². The Morgan fingerprint density at radius 3 is 2.52 bits per heavy atom. The number of carbonyl (C=O) groups is 1. The summed E-state index contributed by atoms with van der Waals surface area (Å²) in [6.07, 6.45) is 3.44. The molecule has 3 rings (SSSR count). The molecule has 1 heterocycles. The number of methoxy groups -OCH3 is 2. The molecule has 0 bridgehead atoms. The second-order valence-electron chi connectivity index (χ2n) is 5.89. The van der Waals surface area contributed by atoms with Crippen molar-refractivity contribution in [1.82, 2.24) is 14.9 Å². The Balaban J connectivity index is 1.98. The van der Waals surface area contributed by atoms with Crippen molar-refractivity contribution in [2.45, 2.75) is 6.04 Å². The van der Waals surface area contributed by atoms with Crippen LogP contribution >= 0.6 is 0 Å². The molecule has 0 radical (unpaired) electrons. The van der Waals surface area contributed by atoms with Crippen LogP contribution in [0.4, 0.5) is 4.39 Å². The summed E-state index contributed by atoms with van der Waals surface area (Å²) in [6, 6.07) is 10.9. The van der Waals surface area contributed by atoms with Crippen molar-refractivity contribution in [2.24, 2.45) is 7.05 Å². The number of ether oxygens (including phenoxy) is 2. The number of imidazole rings is 1. The van der Waals surface area contributed by atoms with Crippen LogP contribution < -0.4 is 14.8 Å². The largest absolute Gasteiger partial charge is 0.496 e. The van der Waals surface area contributed by atoms with Gasteiger partial charge in [-0.3, -0.25) is 4.79 Å². The van der Waals surface area contributed by atoms with Crippen molar-refractivity contribution in [1.29, 1.82) is 0 Å². The minimum atomic E-state index is -0.601. The second kappa shape index (κ2) is 7.90. The van der Waals surface area contributed by atoms with Gasteiger partial charge < -0.3 is 19.4 Å². The molecule has 0 aliphatic carbocycles. The van der Waals surface area contributed by atoms with Gasteiger partial charge in [-0.15, -0.1) is 0 Å². The maximum absolute atomic E-state index is 14.0. The van der Waals surface area contributed by atoms with Crippen LogP contribution in [0.2, 0.25) is 0 Å². The fraction of sp³-hybridized carbons (Fsp3) is 0.200. The first-order valence-electron chi connectivity index (χ1n) is 8.29. The summed E-state index contributed by atoms with van der Waals surface area (Å²) >= 11 is 0. The van der Waals surface area contributed by atoms with E-state index in [0.29, 0.717) is 11.6 Å². The second-order valence-corrected chi connectivity index (χ2v) is 5.89. The molecule has 3 aromatic rings. The van der Waals surface area contributed by atoms with Gasteiger partial charge >= 0.3 is 0 Å². The Morgan fingerprint density at radius 1 is 1.15 bits per heavy atom. The van der Waals surface area contributed by atoms with Crippen LogP contribution in [0.3, 0.4) is 0 Å². The highest BCUT2D eigenvalue weighted by Gasteiger charge is 2.24. The third-order valence-corrected chi connectivity index (χ3v) is 4.26. The van der Waals surface area contributed by atoms with Gasteiger partial charge in [-0.1, -0.05) is 18.2 Å². The van der Waals surface area contributed by atoms with E-state index < -0.39 is 17.8 Å². The SMILES string of the molecule is COc1ccc(C(=O)NC(c2ccccc2OC)c2nccn2C)cc1F. The molecule has 0 fully saturated rings. The molecule has 1 amide bonds. The van der Waals surface area contributed by atoms with Crippen LogP contribution in [0.1, 0.15) is 27.8 Å². The van der Waals surface area contributed by atoms with Gasteiger partial charge in [0.2, 0.25) is 0 Å². The maximum atomic E-state index is 14.0. The molecule has 6 nitrogen and oxygen atoms in total. The summed E-state index contributed by atoms with van der Waals surface area (Å²) in [4.78, 5) is 17.1. The number of hydrogen-bond donors (Lipinski definition) is 1. The lowest BCUT2D eigenvalue weighted by Gasteiger charge is -2.21. The summed E-state index contributed by atoms with van der Waals surface area (Å²) in [7, 11) is 4.77. The lowest BCUT2D eigenvalue weighted by Crippen LogP contribution is -2.31. The van der Waals surface area contributed by atoms with Crippen LogP contribution in [0.25, 0.3) is 0 Å². The van der Waals surface area contributed by atoms with Gasteiger partial charge in [0.15, 0.2) is 11.6 Å². The number of aryl methyl sites for hydroxylation is 1. The number of benzene rings is 2. The van der Waals surface area contributed by atoms with Gasteiger partial charge in [-0.05, 0) is 24.3 Å². The Bertz CT molecular complexity index is 955. The van der Waals surface area contributed by atoms with Crippen LogP contribution in [0.15, 0.2) is 54.9 Å². The third-order valence-electron chi connectivity index (χ3n) is 4.26. The summed E-state index contributed by atoms with van der Waals surface area (Å²) < 4.78 is 26.1. The maximum Gasteiger partial charge on any atom is 0.252 e. The summed E-state index contributed by atoms with van der Waals surface area (Å²) in [6.45, 7) is 0. The van der Waals surface area contributed by atoms with E-state index in [1.807, 2.05) is 35.9 Å². The van der Waals surface area contributed by atoms with Crippen molar-refractivity contribution in [3.8, 4) is 11.5 Å². The molecule has 1 aromatic heterocycles. The molecule has 27 heavy (non-hydrogen) atoms. The Kier molecular flexibility index (Phi) is 5.40. The lowest BCUT2D eigenvalue weighted by molar-refractivity contribution is 0.0940. The predicted octanol–water partition coefficient (Wildman–Crippen LogP) is 3.10. The Hall–Kier alpha value is -3.35. The summed E-state index contributed by atoms with van der Waals surface area (Å²) in [5.41, 5.74) is 0.930. The Labute approximate surface area is 156 Å². The van der Waals surface area contributed by atoms with E-state index in [1.54, 1.807) is 19.5 Å². The summed E-state index contributed by atoms with van der Waals surface area (Å²) in [5, 5.41) is 2.92. The summed E-state index contributed by atoms with van der Waals surface area (Å²) in [5.74, 6) is 0.289. The van der Waals surface area contributed by atoms with Gasteiger partial charge in [0.05, 0.1) is 14.2 Å². The average Bonchev–Trinajstić information content (AvgIpc) is 3.11. The zero-order valence-corrected chi connectivity index (χ0v) is 15.3. The van der Waals surface area contributed by atoms with Gasteiger partial charge in [-0.2, -0.15) is 0 Å². The molecule has 0 saturated carbocycles. The van der Waals surface area contributed by atoms with Crippen molar-refractivity contribution in [3.05, 3.63) is 77.6 Å². The van der Waals surface area contributed by atoms with E-state index in [-0.39, 0.29) is 11.3 Å². The van der Waals surface area contributed by atoms with Crippen LogP contribution in [0, 0.1) is 5.82 Å². The highest BCUT2D eigenvalue weighted by molar-refractivity contribution is 5.94. The molecular formula is C20H20FN3O3. The zero-order valence-electron chi connectivity index (χ0n) is 15.3. The molecular weight excluding hydrogens is 349 g/mol. The van der Waals surface area contributed by atoms with E-state index in [1.165, 1.54) is 19.2 Å². The monoisotopic (exact) mass is 369 g/mol. The predicted molar refractivity (Wildman–Crippen MR) is 98.5 cm³/mol. The van der Waals surface area contributed by atoms with E-state index in [4.69, 9.17) is 9.47 Å². The minimum absolute atomic E-state index is 0.0805. The number of amides is 1. The molecule has 1 N–H and O–H groups in total. The standard InChI is InChI=1S/C20H20FN3O3/c1-24-11-10-22-19(24)18(14-6-4-5-7-16(14)26-2)23-20(25)13-8-9-17(27-3)15(21)12-13/h4-12,18H,1-3H3,(H,23,25). The smallest absolute Gasteiger partial charge is 0.252 e. The third kappa shape index (κ3) is 3.76. The van der Waals surface area contributed by atoms with Gasteiger partial charge in [0.25, 0.3) is 5.91 Å². The average molecular weight is 369 g/mol. The Morgan fingerprint density at radius 2 is 1.89 bits per heavy atom. The van der Waals surface area contributed by atoms with Gasteiger partial charge in [0.1, 0.15) is 17.6 Å². The van der Waals surface area contributed by atoms with E-state index in [0.717, 1.165) is 11.6 Å². The van der Waals surface area contributed by atoms with Crippen LogP contribution in [-0.2, 0) is 7.05 Å². The lowest BCUT2D eigenvalue weighted by atomic mass is 10.0. The van der Waals surface area contributed by atoms with Gasteiger partial charge in [0, 0.05) is 30.6 Å². The van der Waals surface area contributed by atoms with Crippen LogP contribution in [-0.4, -0.2) is 29.7 Å². The number of nitrogens with zero attached hydrogens (tertiary/aromatic N) is 2. The van der Waals surface area contributed by atoms with Crippen molar-refractivity contribution in [2.75, 3.05) is 14.2 Å². The van der Waals surface area contributed by atoms with Crippen molar-refractivity contribution >= 4 is 5.91 Å². The molecule has 0 saturated heterocycles. The molecule has 1 unspecified atom stereocenters. The highest BCUT2D eigenvalue weighted by atomic mass is 19.1. The molecule has 0 aliphatic rings. The first-order valence-corrected chi connectivity index (χ1v) is 8.29. The minimum Gasteiger partial charge on any atom is -0.496 e. The first kappa shape index (κ1) is 18.4. The molecule has 0 spiro atoms. The molecule has 0 aliphatic heterocycles. The van der Waals surface area contributed by atoms with Crippen molar-refractivity contribution in [3.63, 3.8) is 0 Å². The topological polar surface area (TPSA) is 65.4 Å². The number of hydrogen-bond acceptors (Lipinski definition) is 4. The van der Waals surface area contributed by atoms with E-state index >= 15 is 0 Å². The van der Waals surface area contributed by atoms with Gasteiger partial charge in [-0.25, -0.2) is 9.37 Å². The fourth-order valence-corrected chi connectivity index (χ4v) is 2.86. The number of para-hydroxylation sites is 1. The first-order chi connectivity index (χ1) is 13.0. The molecule has 1 atom stereocenters. The quantitative estimate of drug-likeness (QED) is 0.725. The highest BCUT2D eigenvalue weighted by Crippen LogP contribution is 2.29. The van der Waals surface area contributed by atoms with E-state index in [2.05, 4.69) is 10.3 Å². The number of rotatable bonds is 6. The van der Waals surface area contributed by atoms with E-state index in [9.17, 15) is 9.18 Å². The number of aromatic nitrogens is 2. The zero-order chi connectivity index (χ0) is 19.4. The number of halogens is 1. The number of nitrogens with one attached hydrogen (secondary N) is 1. The number of carbonyl (C=O) groups excluding carboxylic acids is 1.